The largest absolute Gasteiger partial charge is 0.494 e. The molecule has 1 aliphatic rings. The molecule has 0 unspecified atom stereocenters. The van der Waals surface area contributed by atoms with Crippen LogP contribution in [0.15, 0.2) is 29.2 Å². The monoisotopic (exact) mass is 251 g/mol. The summed E-state index contributed by atoms with van der Waals surface area (Å²) in [5, 5.41) is 5.56. The standard InChI is InChI=1S/C12H18BNO2S/c1-11(2)12(3,4)16-13(15-11)9-6-5-7-10(8-9)17-14/h5-8H,14H2,1-4H3. The average molecular weight is 251 g/mol. The van der Waals surface area contributed by atoms with Gasteiger partial charge in [-0.2, -0.15) is 0 Å². The summed E-state index contributed by atoms with van der Waals surface area (Å²) in [5.41, 5.74) is 0.409. The molecule has 0 aliphatic carbocycles. The predicted molar refractivity (Wildman–Crippen MR) is 72.2 cm³/mol. The van der Waals surface area contributed by atoms with Crippen molar-refractivity contribution in [1.82, 2.24) is 0 Å². The Hall–Kier alpha value is -0.485. The van der Waals surface area contributed by atoms with Crippen LogP contribution in [0.4, 0.5) is 0 Å². The SMILES string of the molecule is CC1(C)OB(c2cccc(SN)c2)OC1(C)C. The van der Waals surface area contributed by atoms with E-state index < -0.39 is 0 Å². The Morgan fingerprint density at radius 1 is 1.12 bits per heavy atom. The lowest BCUT2D eigenvalue weighted by Gasteiger charge is -2.32. The topological polar surface area (TPSA) is 44.5 Å². The first-order valence-electron chi connectivity index (χ1n) is 5.68. The summed E-state index contributed by atoms with van der Waals surface area (Å²) in [5.74, 6) is 0. The van der Waals surface area contributed by atoms with Crippen LogP contribution in [0, 0.1) is 0 Å². The van der Waals surface area contributed by atoms with Gasteiger partial charge in [-0.25, -0.2) is 0 Å². The summed E-state index contributed by atoms with van der Waals surface area (Å²) < 4.78 is 12.0. The summed E-state index contributed by atoms with van der Waals surface area (Å²) in [7, 11) is -0.313. The summed E-state index contributed by atoms with van der Waals surface area (Å²) in [6.45, 7) is 8.20. The van der Waals surface area contributed by atoms with E-state index >= 15 is 0 Å². The van der Waals surface area contributed by atoms with E-state index in [0.29, 0.717) is 0 Å². The van der Waals surface area contributed by atoms with Crippen molar-refractivity contribution in [3.8, 4) is 0 Å². The maximum Gasteiger partial charge on any atom is 0.494 e. The van der Waals surface area contributed by atoms with E-state index in [9.17, 15) is 0 Å². The molecule has 0 bridgehead atoms. The molecule has 1 saturated heterocycles. The van der Waals surface area contributed by atoms with Gasteiger partial charge < -0.3 is 9.31 Å². The number of nitrogens with two attached hydrogens (primary N) is 1. The van der Waals surface area contributed by atoms with Gasteiger partial charge in [0, 0.05) is 4.90 Å². The number of hydrogen-bond acceptors (Lipinski definition) is 4. The molecule has 0 spiro atoms. The van der Waals surface area contributed by atoms with Gasteiger partial charge in [-0.15, -0.1) is 0 Å². The van der Waals surface area contributed by atoms with E-state index in [2.05, 4.69) is 27.7 Å². The summed E-state index contributed by atoms with van der Waals surface area (Å²) in [6, 6.07) is 7.95. The van der Waals surface area contributed by atoms with Gasteiger partial charge in [0.05, 0.1) is 11.2 Å². The van der Waals surface area contributed by atoms with E-state index in [4.69, 9.17) is 14.4 Å². The molecule has 1 fully saturated rings. The highest BCUT2D eigenvalue weighted by Gasteiger charge is 2.51. The molecule has 0 atom stereocenters. The Kier molecular flexibility index (Phi) is 3.29. The van der Waals surface area contributed by atoms with Crippen molar-refractivity contribution in [2.24, 2.45) is 5.14 Å². The molecule has 0 aromatic heterocycles. The van der Waals surface area contributed by atoms with Crippen molar-refractivity contribution in [3.63, 3.8) is 0 Å². The molecule has 17 heavy (non-hydrogen) atoms. The maximum absolute atomic E-state index is 5.98. The highest BCUT2D eigenvalue weighted by Crippen LogP contribution is 2.36. The second-order valence-corrected chi connectivity index (χ2v) is 5.99. The lowest BCUT2D eigenvalue weighted by molar-refractivity contribution is 0.00578. The molecule has 92 valence electrons. The van der Waals surface area contributed by atoms with Crippen LogP contribution in [0.5, 0.6) is 0 Å². The molecule has 1 aliphatic heterocycles. The van der Waals surface area contributed by atoms with Gasteiger partial charge in [-0.1, -0.05) is 12.1 Å². The predicted octanol–water partition coefficient (Wildman–Crippen LogP) is 1.95. The first kappa shape index (κ1) is 13.0. The molecule has 0 saturated carbocycles. The van der Waals surface area contributed by atoms with Gasteiger partial charge >= 0.3 is 7.12 Å². The second-order valence-electron chi connectivity index (χ2n) is 5.28. The highest BCUT2D eigenvalue weighted by atomic mass is 32.2. The number of rotatable bonds is 2. The van der Waals surface area contributed by atoms with Gasteiger partial charge in [-0.05, 0) is 57.2 Å². The maximum atomic E-state index is 5.98. The van der Waals surface area contributed by atoms with E-state index in [-0.39, 0.29) is 18.3 Å². The van der Waals surface area contributed by atoms with Crippen molar-refractivity contribution in [3.05, 3.63) is 24.3 Å². The fourth-order valence-electron chi connectivity index (χ4n) is 1.71. The molecule has 1 heterocycles. The van der Waals surface area contributed by atoms with Gasteiger partial charge in [0.25, 0.3) is 0 Å². The molecular weight excluding hydrogens is 233 g/mol. The fraction of sp³-hybridized carbons (Fsp3) is 0.500. The third-order valence-electron chi connectivity index (χ3n) is 3.52. The van der Waals surface area contributed by atoms with Gasteiger partial charge in [0.2, 0.25) is 0 Å². The third kappa shape index (κ3) is 2.38. The molecule has 0 amide bonds. The zero-order valence-electron chi connectivity index (χ0n) is 10.7. The van der Waals surface area contributed by atoms with E-state index in [1.54, 1.807) is 0 Å². The molecule has 5 heteroatoms. The van der Waals surface area contributed by atoms with E-state index in [1.807, 2.05) is 24.3 Å². The third-order valence-corrected chi connectivity index (χ3v) is 4.05. The zero-order chi connectivity index (χ0) is 12.7. The van der Waals surface area contributed by atoms with Crippen LogP contribution in [-0.4, -0.2) is 18.3 Å². The van der Waals surface area contributed by atoms with Gasteiger partial charge in [0.15, 0.2) is 0 Å². The minimum atomic E-state index is -0.313. The molecular formula is C12H18BNO2S. The molecule has 2 N–H and O–H groups in total. The average Bonchev–Trinajstić information content (AvgIpc) is 2.48. The van der Waals surface area contributed by atoms with E-state index in [0.717, 1.165) is 10.4 Å². The minimum Gasteiger partial charge on any atom is -0.399 e. The normalized spacial score (nSPS) is 21.8. The molecule has 2 rings (SSSR count). The molecule has 3 nitrogen and oxygen atoms in total. The summed E-state index contributed by atoms with van der Waals surface area (Å²) >= 11 is 1.23. The Labute approximate surface area is 107 Å². The van der Waals surface area contributed by atoms with Crippen molar-refractivity contribution < 1.29 is 9.31 Å². The Balaban J connectivity index is 2.25. The van der Waals surface area contributed by atoms with E-state index in [1.165, 1.54) is 11.9 Å². The van der Waals surface area contributed by atoms with Crippen molar-refractivity contribution >= 4 is 24.5 Å². The fourth-order valence-corrected chi connectivity index (χ4v) is 2.07. The first-order chi connectivity index (χ1) is 7.86. The van der Waals surface area contributed by atoms with Crippen LogP contribution in [0.3, 0.4) is 0 Å². The van der Waals surface area contributed by atoms with Crippen LogP contribution in [0.1, 0.15) is 27.7 Å². The van der Waals surface area contributed by atoms with Crippen molar-refractivity contribution in [2.45, 2.75) is 43.8 Å². The van der Waals surface area contributed by atoms with Crippen LogP contribution >= 0.6 is 11.9 Å². The summed E-state index contributed by atoms with van der Waals surface area (Å²) in [6.07, 6.45) is 0. The first-order valence-corrected chi connectivity index (χ1v) is 6.56. The number of hydrogen-bond donors (Lipinski definition) is 1. The quantitative estimate of drug-likeness (QED) is 0.644. The Morgan fingerprint density at radius 3 is 2.24 bits per heavy atom. The smallest absolute Gasteiger partial charge is 0.399 e. The minimum absolute atomic E-state index is 0.302. The lowest BCUT2D eigenvalue weighted by Crippen LogP contribution is -2.41. The second kappa shape index (κ2) is 4.32. The summed E-state index contributed by atoms with van der Waals surface area (Å²) in [4.78, 5) is 1.01. The van der Waals surface area contributed by atoms with Crippen LogP contribution < -0.4 is 10.6 Å². The Morgan fingerprint density at radius 2 is 1.71 bits per heavy atom. The number of benzene rings is 1. The van der Waals surface area contributed by atoms with Crippen molar-refractivity contribution in [1.29, 1.82) is 0 Å². The zero-order valence-corrected chi connectivity index (χ0v) is 11.5. The van der Waals surface area contributed by atoms with Crippen LogP contribution in [-0.2, 0) is 9.31 Å². The lowest BCUT2D eigenvalue weighted by atomic mass is 9.79. The van der Waals surface area contributed by atoms with Crippen LogP contribution in [0.25, 0.3) is 0 Å². The molecule has 1 aromatic carbocycles. The van der Waals surface area contributed by atoms with Gasteiger partial charge in [-0.3, -0.25) is 5.14 Å². The highest BCUT2D eigenvalue weighted by molar-refractivity contribution is 7.97. The molecule has 0 radical (unpaired) electrons. The van der Waals surface area contributed by atoms with Crippen LogP contribution in [0.2, 0.25) is 0 Å². The Bertz CT molecular complexity index is 407. The van der Waals surface area contributed by atoms with Gasteiger partial charge in [0.1, 0.15) is 0 Å². The molecule has 1 aromatic rings. The van der Waals surface area contributed by atoms with Crippen molar-refractivity contribution in [2.75, 3.05) is 0 Å².